The van der Waals surface area contributed by atoms with E-state index in [0.29, 0.717) is 22.1 Å². The predicted molar refractivity (Wildman–Crippen MR) is 131 cm³/mol. The van der Waals surface area contributed by atoms with E-state index in [1.54, 1.807) is 54.7 Å². The maximum atomic E-state index is 13.2. The molecule has 4 rings (SSSR count). The van der Waals surface area contributed by atoms with Gasteiger partial charge in [0.15, 0.2) is 0 Å². The highest BCUT2D eigenvalue weighted by atomic mass is 35.5. The molecule has 0 unspecified atom stereocenters. The molecular formula is C26H19ClN4O3. The first-order valence-electron chi connectivity index (χ1n) is 10.3. The number of aromatic nitrogens is 2. The van der Waals surface area contributed by atoms with E-state index in [1.165, 1.54) is 10.5 Å². The van der Waals surface area contributed by atoms with Crippen LogP contribution in [0.2, 0.25) is 5.02 Å². The quantitative estimate of drug-likeness (QED) is 0.315. The molecule has 0 saturated carbocycles. The molecule has 0 atom stereocenters. The number of hydrogen-bond acceptors (Lipinski definition) is 5. The lowest BCUT2D eigenvalue weighted by molar-refractivity contribution is -0.112. The first-order chi connectivity index (χ1) is 16.4. The third-order valence-electron chi connectivity index (χ3n) is 5.18. The Kier molecular flexibility index (Phi) is 6.44. The van der Waals surface area contributed by atoms with Gasteiger partial charge in [0.1, 0.15) is 28.6 Å². The number of fused-ring (bicyclic) bond motifs is 1. The van der Waals surface area contributed by atoms with Crippen molar-refractivity contribution in [2.75, 3.05) is 5.32 Å². The smallest absolute Gasteiger partial charge is 0.269 e. The van der Waals surface area contributed by atoms with Gasteiger partial charge in [-0.25, -0.2) is 0 Å². The molecule has 8 heteroatoms. The Balaban J connectivity index is 1.78. The number of benzene rings is 2. The number of nitriles is 1. The van der Waals surface area contributed by atoms with Crippen LogP contribution in [0.4, 0.5) is 5.69 Å². The Morgan fingerprint density at radius 1 is 1.12 bits per heavy atom. The van der Waals surface area contributed by atoms with Crippen LogP contribution in [0.1, 0.15) is 16.7 Å². The van der Waals surface area contributed by atoms with Gasteiger partial charge in [-0.1, -0.05) is 23.7 Å². The Hall–Kier alpha value is -4.41. The summed E-state index contributed by atoms with van der Waals surface area (Å²) in [6.45, 7) is 3.89. The van der Waals surface area contributed by atoms with Crippen molar-refractivity contribution in [1.29, 1.82) is 5.26 Å². The van der Waals surface area contributed by atoms with Gasteiger partial charge < -0.3 is 10.1 Å². The van der Waals surface area contributed by atoms with Crippen LogP contribution in [0.25, 0.3) is 11.7 Å². The molecular weight excluding hydrogens is 452 g/mol. The lowest BCUT2D eigenvalue weighted by Gasteiger charge is -2.11. The molecule has 0 saturated heterocycles. The monoisotopic (exact) mass is 470 g/mol. The molecule has 2 heterocycles. The van der Waals surface area contributed by atoms with Crippen molar-refractivity contribution in [1.82, 2.24) is 9.38 Å². The van der Waals surface area contributed by atoms with E-state index in [1.807, 2.05) is 32.0 Å². The van der Waals surface area contributed by atoms with E-state index < -0.39 is 11.5 Å². The van der Waals surface area contributed by atoms with Crippen LogP contribution in [0.15, 0.2) is 77.2 Å². The number of halogens is 1. The molecule has 0 radical (unpaired) electrons. The number of pyridine rings is 1. The number of nitrogens with one attached hydrogen (secondary N) is 1. The molecule has 0 aliphatic carbocycles. The van der Waals surface area contributed by atoms with Crippen LogP contribution in [0, 0.1) is 25.2 Å². The van der Waals surface area contributed by atoms with Gasteiger partial charge in [-0.3, -0.25) is 14.0 Å². The van der Waals surface area contributed by atoms with Crippen LogP contribution < -0.4 is 15.6 Å². The number of amides is 1. The molecule has 0 aliphatic rings. The van der Waals surface area contributed by atoms with Gasteiger partial charge in [-0.2, -0.15) is 10.2 Å². The first kappa shape index (κ1) is 22.8. The first-order valence-corrected chi connectivity index (χ1v) is 10.7. The number of aryl methyl sites for hydroxylation is 2. The molecule has 7 nitrogen and oxygen atoms in total. The van der Waals surface area contributed by atoms with E-state index >= 15 is 0 Å². The topological polar surface area (TPSA) is 96.5 Å². The summed E-state index contributed by atoms with van der Waals surface area (Å²) in [6.07, 6.45) is 2.74. The van der Waals surface area contributed by atoms with Crippen molar-refractivity contribution in [3.05, 3.63) is 105 Å². The molecule has 1 amide bonds. The SMILES string of the molecule is Cc1ccc(NC(=O)C(C#N)=Cc2c(Oc3ccc(Cl)cc3)nc3ccccn3c2=O)cc1C. The Morgan fingerprint density at radius 2 is 1.88 bits per heavy atom. The minimum atomic E-state index is -0.652. The zero-order chi connectivity index (χ0) is 24.2. The third-order valence-corrected chi connectivity index (χ3v) is 5.43. The maximum Gasteiger partial charge on any atom is 0.269 e. The van der Waals surface area contributed by atoms with Crippen LogP contribution in [0.3, 0.4) is 0 Å². The van der Waals surface area contributed by atoms with E-state index in [9.17, 15) is 14.9 Å². The zero-order valence-electron chi connectivity index (χ0n) is 18.4. The van der Waals surface area contributed by atoms with E-state index in [0.717, 1.165) is 11.1 Å². The van der Waals surface area contributed by atoms with Gasteiger partial charge >= 0.3 is 0 Å². The molecule has 0 bridgehead atoms. The number of ether oxygens (including phenoxy) is 1. The minimum Gasteiger partial charge on any atom is -0.438 e. The van der Waals surface area contributed by atoms with Crippen molar-refractivity contribution in [3.63, 3.8) is 0 Å². The second-order valence-corrected chi connectivity index (χ2v) is 7.98. The van der Waals surface area contributed by atoms with Gasteiger partial charge in [0.2, 0.25) is 5.88 Å². The van der Waals surface area contributed by atoms with Crippen molar-refractivity contribution >= 4 is 34.9 Å². The van der Waals surface area contributed by atoms with Crippen molar-refractivity contribution in [3.8, 4) is 17.7 Å². The molecule has 0 spiro atoms. The van der Waals surface area contributed by atoms with Crippen LogP contribution in [0.5, 0.6) is 11.6 Å². The van der Waals surface area contributed by atoms with Crippen LogP contribution in [-0.2, 0) is 4.79 Å². The average molecular weight is 471 g/mol. The Labute approximate surface area is 200 Å². The van der Waals surface area contributed by atoms with Crippen LogP contribution in [-0.4, -0.2) is 15.3 Å². The summed E-state index contributed by atoms with van der Waals surface area (Å²) in [7, 11) is 0. The fourth-order valence-corrected chi connectivity index (χ4v) is 3.33. The lowest BCUT2D eigenvalue weighted by Crippen LogP contribution is -2.20. The van der Waals surface area contributed by atoms with Gasteiger partial charge in [0, 0.05) is 16.9 Å². The van der Waals surface area contributed by atoms with E-state index in [-0.39, 0.29) is 17.0 Å². The second kappa shape index (κ2) is 9.61. The minimum absolute atomic E-state index is 0.0366. The van der Waals surface area contributed by atoms with Crippen molar-refractivity contribution in [2.45, 2.75) is 13.8 Å². The lowest BCUT2D eigenvalue weighted by atomic mass is 10.1. The van der Waals surface area contributed by atoms with E-state index in [4.69, 9.17) is 16.3 Å². The molecule has 0 aliphatic heterocycles. The number of hydrogen-bond donors (Lipinski definition) is 1. The zero-order valence-corrected chi connectivity index (χ0v) is 19.1. The largest absolute Gasteiger partial charge is 0.438 e. The highest BCUT2D eigenvalue weighted by Crippen LogP contribution is 2.25. The Bertz CT molecular complexity index is 1530. The summed E-state index contributed by atoms with van der Waals surface area (Å²) in [6, 6.07) is 18.9. The van der Waals surface area contributed by atoms with Gasteiger partial charge in [-0.05, 0) is 79.6 Å². The van der Waals surface area contributed by atoms with Gasteiger partial charge in [-0.15, -0.1) is 0 Å². The molecule has 4 aromatic rings. The molecule has 0 fully saturated rings. The normalized spacial score (nSPS) is 11.2. The van der Waals surface area contributed by atoms with Gasteiger partial charge in [0.05, 0.1) is 0 Å². The third kappa shape index (κ3) is 4.82. The number of anilines is 1. The van der Waals surface area contributed by atoms with Crippen LogP contribution >= 0.6 is 11.6 Å². The summed E-state index contributed by atoms with van der Waals surface area (Å²) < 4.78 is 7.17. The highest BCUT2D eigenvalue weighted by molar-refractivity contribution is 6.30. The summed E-state index contributed by atoms with van der Waals surface area (Å²) in [5.41, 5.74) is 2.18. The standard InChI is InChI=1S/C26H19ClN4O3/c1-16-6-9-20(13-17(16)2)29-24(32)18(15-28)14-22-25(34-21-10-7-19(27)8-11-21)30-23-5-3-4-12-31(23)26(22)33/h3-14H,1-2H3,(H,29,32). The number of carbonyl (C=O) groups is 1. The summed E-state index contributed by atoms with van der Waals surface area (Å²) in [5, 5.41) is 12.9. The number of rotatable bonds is 5. The molecule has 2 aromatic heterocycles. The number of nitrogens with zero attached hydrogens (tertiary/aromatic N) is 3. The fraction of sp³-hybridized carbons (Fsp3) is 0.0769. The number of carbonyl (C=O) groups excluding carboxylic acids is 1. The second-order valence-electron chi connectivity index (χ2n) is 7.54. The molecule has 2 aromatic carbocycles. The Morgan fingerprint density at radius 3 is 2.59 bits per heavy atom. The summed E-state index contributed by atoms with van der Waals surface area (Å²) in [5.74, 6) is -0.296. The summed E-state index contributed by atoms with van der Waals surface area (Å²) >= 11 is 5.94. The molecule has 34 heavy (non-hydrogen) atoms. The molecule has 1 N–H and O–H groups in total. The molecule has 168 valence electrons. The van der Waals surface area contributed by atoms with Crippen molar-refractivity contribution < 1.29 is 9.53 Å². The van der Waals surface area contributed by atoms with E-state index in [2.05, 4.69) is 10.3 Å². The van der Waals surface area contributed by atoms with Crippen molar-refractivity contribution in [2.24, 2.45) is 0 Å². The highest BCUT2D eigenvalue weighted by Gasteiger charge is 2.17. The fourth-order valence-electron chi connectivity index (χ4n) is 3.21. The summed E-state index contributed by atoms with van der Waals surface area (Å²) in [4.78, 5) is 30.5. The predicted octanol–water partition coefficient (Wildman–Crippen LogP) is 5.30. The van der Waals surface area contributed by atoms with Gasteiger partial charge in [0.25, 0.3) is 11.5 Å². The maximum absolute atomic E-state index is 13.2. The average Bonchev–Trinajstić information content (AvgIpc) is 2.83.